The number of nitrogens with zero attached hydrogens (tertiary/aromatic N) is 2. The summed E-state index contributed by atoms with van der Waals surface area (Å²) in [5.74, 6) is -2.71. The lowest BCUT2D eigenvalue weighted by Crippen LogP contribution is -2.45. The highest BCUT2D eigenvalue weighted by molar-refractivity contribution is 6.35. The summed E-state index contributed by atoms with van der Waals surface area (Å²) in [5, 5.41) is 14.0. The lowest BCUT2D eigenvalue weighted by molar-refractivity contribution is -0.275. The maximum absolute atomic E-state index is 14.4. The Hall–Kier alpha value is -3.32. The van der Waals surface area contributed by atoms with Crippen LogP contribution in [0.4, 0.5) is 37.2 Å². The summed E-state index contributed by atoms with van der Waals surface area (Å²) >= 11 is 11.4. The Balaban J connectivity index is 1.95. The molecule has 2 aromatic rings. The number of ether oxygens (including phenoxy) is 1. The molecule has 1 heterocycles. The normalized spacial score (nSPS) is 17.5. The molecule has 2 N–H and O–H groups in total. The molecule has 2 amide bonds. The molecule has 0 spiro atoms. The van der Waals surface area contributed by atoms with Gasteiger partial charge in [-0.25, -0.2) is 23.3 Å². The minimum atomic E-state index is -5.18. The van der Waals surface area contributed by atoms with E-state index in [2.05, 4.69) is 10.5 Å². The first-order valence-corrected chi connectivity index (χ1v) is 11.5. The minimum Gasteiger partial charge on any atom is -0.464 e. The van der Waals surface area contributed by atoms with Crippen molar-refractivity contribution < 1.29 is 46.2 Å². The zero-order chi connectivity index (χ0) is 28.6. The van der Waals surface area contributed by atoms with Crippen LogP contribution in [0.25, 0.3) is 0 Å². The van der Waals surface area contributed by atoms with Crippen molar-refractivity contribution >= 4 is 46.9 Å². The van der Waals surface area contributed by atoms with Gasteiger partial charge in [0.1, 0.15) is 11.4 Å². The van der Waals surface area contributed by atoms with Crippen LogP contribution in [0.2, 0.25) is 10.0 Å². The van der Waals surface area contributed by atoms with Gasteiger partial charge >= 0.3 is 18.4 Å². The summed E-state index contributed by atoms with van der Waals surface area (Å²) in [6.45, 7) is 4.40. The van der Waals surface area contributed by atoms with E-state index in [0.717, 1.165) is 18.2 Å². The first-order chi connectivity index (χ1) is 17.4. The molecular formula is C23H20Cl2F5N3O5. The maximum Gasteiger partial charge on any atom is 0.435 e. The van der Waals surface area contributed by atoms with Gasteiger partial charge in [0, 0.05) is 17.7 Å². The van der Waals surface area contributed by atoms with Crippen molar-refractivity contribution in [1.29, 1.82) is 0 Å². The number of rotatable bonds is 4. The predicted octanol–water partition coefficient (Wildman–Crippen LogP) is 6.97. The van der Waals surface area contributed by atoms with Crippen LogP contribution < -0.4 is 10.2 Å². The van der Waals surface area contributed by atoms with Gasteiger partial charge in [0.05, 0.1) is 22.2 Å². The number of alkyl carbamates (subject to hydrolysis) is 1. The van der Waals surface area contributed by atoms with E-state index < -0.39 is 75.6 Å². The highest BCUT2D eigenvalue weighted by Crippen LogP contribution is 2.50. The molecular weight excluding hydrogens is 564 g/mol. The number of anilines is 1. The van der Waals surface area contributed by atoms with E-state index in [-0.39, 0.29) is 11.3 Å². The van der Waals surface area contributed by atoms with Crippen LogP contribution in [0, 0.1) is 11.6 Å². The second-order valence-corrected chi connectivity index (χ2v) is 9.92. The molecule has 38 heavy (non-hydrogen) atoms. The summed E-state index contributed by atoms with van der Waals surface area (Å²) in [4.78, 5) is 29.1. The lowest BCUT2D eigenvalue weighted by Gasteiger charge is -2.30. The molecule has 0 aromatic heterocycles. The summed E-state index contributed by atoms with van der Waals surface area (Å²) in [6, 6.07) is 4.16. The van der Waals surface area contributed by atoms with Gasteiger partial charge in [-0.1, -0.05) is 28.4 Å². The van der Waals surface area contributed by atoms with Gasteiger partial charge in [0.15, 0.2) is 11.7 Å². The number of oxime groups is 1. The maximum atomic E-state index is 14.4. The second kappa shape index (κ2) is 10.4. The molecule has 1 atom stereocenters. The van der Waals surface area contributed by atoms with Gasteiger partial charge in [0.2, 0.25) is 0 Å². The zero-order valence-electron chi connectivity index (χ0n) is 19.9. The Morgan fingerprint density at radius 2 is 1.76 bits per heavy atom. The third kappa shape index (κ3) is 6.04. The Kier molecular flexibility index (Phi) is 8.04. The number of carbonyl (C=O) groups is 2. The number of benzene rings is 2. The first-order valence-electron chi connectivity index (χ1n) is 10.7. The van der Waals surface area contributed by atoms with Gasteiger partial charge in [0.25, 0.3) is 5.60 Å². The van der Waals surface area contributed by atoms with E-state index in [1.807, 2.05) is 0 Å². The fourth-order valence-corrected chi connectivity index (χ4v) is 3.97. The van der Waals surface area contributed by atoms with E-state index in [4.69, 9.17) is 32.8 Å². The Labute approximate surface area is 222 Å². The Bertz CT molecular complexity index is 1280. The number of amidine groups is 1. The number of hydrogen-bond acceptors (Lipinski definition) is 5. The smallest absolute Gasteiger partial charge is 0.435 e. The number of nitrogens with one attached hydrogen (secondary N) is 1. The van der Waals surface area contributed by atoms with Crippen LogP contribution in [0.1, 0.15) is 38.3 Å². The van der Waals surface area contributed by atoms with Crippen molar-refractivity contribution in [3.63, 3.8) is 0 Å². The molecule has 0 bridgehead atoms. The summed E-state index contributed by atoms with van der Waals surface area (Å²) in [7, 11) is 0. The van der Waals surface area contributed by atoms with Gasteiger partial charge in [-0.15, -0.1) is 0 Å². The lowest BCUT2D eigenvalue weighted by atomic mass is 9.89. The van der Waals surface area contributed by atoms with Gasteiger partial charge in [-0.05, 0) is 51.1 Å². The molecule has 0 saturated heterocycles. The molecule has 2 aromatic carbocycles. The van der Waals surface area contributed by atoms with Gasteiger partial charge < -0.3 is 20.0 Å². The molecule has 8 nitrogen and oxygen atoms in total. The van der Waals surface area contributed by atoms with E-state index in [1.54, 1.807) is 20.8 Å². The van der Waals surface area contributed by atoms with E-state index in [0.29, 0.717) is 17.0 Å². The Morgan fingerprint density at radius 1 is 1.16 bits per heavy atom. The standard InChI is InChI=1S/C23H20Cl2F5N3O5/c1-21(2,3)37-19(34)31-10-11-6-13(4-5-16(11)26)33(20(35)36)17-9-22(38-32-17,23(28,29)30)12-7-14(24)18(27)15(25)8-12/h4-8H,9-10H2,1-3H3,(H,31,34)(H,35,36). The van der Waals surface area contributed by atoms with Crippen LogP contribution in [0.5, 0.6) is 0 Å². The van der Waals surface area contributed by atoms with Crippen molar-refractivity contribution in [2.45, 2.75) is 51.1 Å². The van der Waals surface area contributed by atoms with Crippen LogP contribution in [-0.2, 0) is 21.7 Å². The average Bonchev–Trinajstić information content (AvgIpc) is 3.22. The first kappa shape index (κ1) is 29.2. The zero-order valence-corrected chi connectivity index (χ0v) is 21.4. The summed E-state index contributed by atoms with van der Waals surface area (Å²) in [6.07, 6.45) is -9.00. The van der Waals surface area contributed by atoms with Crippen LogP contribution in [-0.4, -0.2) is 34.9 Å². The van der Waals surface area contributed by atoms with E-state index in [1.165, 1.54) is 0 Å². The van der Waals surface area contributed by atoms with Gasteiger partial charge in [-0.3, -0.25) is 0 Å². The van der Waals surface area contributed by atoms with Crippen LogP contribution >= 0.6 is 23.2 Å². The van der Waals surface area contributed by atoms with Crippen molar-refractivity contribution in [3.05, 3.63) is 63.1 Å². The monoisotopic (exact) mass is 583 g/mol. The van der Waals surface area contributed by atoms with Gasteiger partial charge in [-0.2, -0.15) is 13.2 Å². The molecule has 0 fully saturated rings. The van der Waals surface area contributed by atoms with E-state index >= 15 is 0 Å². The number of amides is 2. The number of carbonyl (C=O) groups excluding carboxylic acids is 1. The largest absolute Gasteiger partial charge is 0.464 e. The SMILES string of the molecule is CC(C)(C)OC(=O)NCc1cc(N(C(=O)O)C2=NOC(c3cc(Cl)c(F)c(Cl)c3)(C(F)(F)F)C2)ccc1F. The fourth-order valence-electron chi connectivity index (χ4n) is 3.48. The van der Waals surface area contributed by atoms with Crippen LogP contribution in [0.15, 0.2) is 35.5 Å². The van der Waals surface area contributed by atoms with Crippen LogP contribution in [0.3, 0.4) is 0 Å². The average molecular weight is 584 g/mol. The molecule has 0 radical (unpaired) electrons. The van der Waals surface area contributed by atoms with Crippen molar-refractivity contribution in [2.75, 3.05) is 4.90 Å². The molecule has 0 aliphatic carbocycles. The number of halogens is 7. The Morgan fingerprint density at radius 3 is 2.29 bits per heavy atom. The quantitative estimate of drug-likeness (QED) is 0.299. The molecule has 0 saturated carbocycles. The van der Waals surface area contributed by atoms with Crippen molar-refractivity contribution in [1.82, 2.24) is 5.32 Å². The minimum absolute atomic E-state index is 0.196. The summed E-state index contributed by atoms with van der Waals surface area (Å²) in [5.41, 5.74) is -5.30. The molecule has 15 heteroatoms. The van der Waals surface area contributed by atoms with Crippen molar-refractivity contribution in [2.24, 2.45) is 5.16 Å². The third-order valence-corrected chi connectivity index (χ3v) is 5.73. The molecule has 1 aliphatic rings. The number of carboxylic acid groups (broad SMARTS) is 1. The highest BCUT2D eigenvalue weighted by atomic mass is 35.5. The molecule has 206 valence electrons. The van der Waals surface area contributed by atoms with Crippen molar-refractivity contribution in [3.8, 4) is 0 Å². The number of alkyl halides is 3. The summed E-state index contributed by atoms with van der Waals surface area (Å²) < 4.78 is 76.1. The molecule has 1 unspecified atom stereocenters. The topological polar surface area (TPSA) is 100 Å². The second-order valence-electron chi connectivity index (χ2n) is 9.10. The highest BCUT2D eigenvalue weighted by Gasteiger charge is 2.63. The third-order valence-electron chi connectivity index (χ3n) is 5.18. The predicted molar refractivity (Wildman–Crippen MR) is 127 cm³/mol. The molecule has 3 rings (SSSR count). The number of hydrogen-bond donors (Lipinski definition) is 2. The molecule has 1 aliphatic heterocycles. The fraction of sp³-hybridized carbons (Fsp3) is 0.348. The van der Waals surface area contributed by atoms with E-state index in [9.17, 15) is 36.6 Å².